The van der Waals surface area contributed by atoms with Gasteiger partial charge in [-0.25, -0.2) is 0 Å². The van der Waals surface area contributed by atoms with Gasteiger partial charge in [0.2, 0.25) is 0 Å². The molecular formula is C22H21N3O. The van der Waals surface area contributed by atoms with E-state index in [0.717, 1.165) is 42.0 Å². The molecule has 0 spiro atoms. The fourth-order valence-electron chi connectivity index (χ4n) is 4.02. The van der Waals surface area contributed by atoms with Gasteiger partial charge >= 0.3 is 0 Å². The molecule has 0 atom stereocenters. The van der Waals surface area contributed by atoms with Gasteiger partial charge in [0.25, 0.3) is 0 Å². The zero-order valence-corrected chi connectivity index (χ0v) is 14.6. The maximum absolute atomic E-state index is 5.65. The Bertz CT molecular complexity index is 948. The molecule has 0 amide bonds. The lowest BCUT2D eigenvalue weighted by Gasteiger charge is -2.11. The lowest BCUT2D eigenvalue weighted by molar-refractivity contribution is 0.144. The highest BCUT2D eigenvalue weighted by molar-refractivity contribution is 6.17. The fraction of sp³-hybridized carbons (Fsp3) is 0.227. The monoisotopic (exact) mass is 343 g/mol. The van der Waals surface area contributed by atoms with Gasteiger partial charge in [-0.05, 0) is 42.2 Å². The molecule has 1 aliphatic heterocycles. The molecular weight excluding hydrogens is 322 g/mol. The maximum Gasteiger partial charge on any atom is 0.136 e. The number of fused-ring (bicyclic) bond motifs is 4. The number of rotatable bonds is 5. The Labute approximate surface area is 153 Å². The minimum absolute atomic E-state index is 0.507. The molecule has 1 aromatic heterocycles. The normalized spacial score (nSPS) is 16.5. The van der Waals surface area contributed by atoms with Crippen molar-refractivity contribution in [3.63, 3.8) is 0 Å². The molecule has 26 heavy (non-hydrogen) atoms. The van der Waals surface area contributed by atoms with Gasteiger partial charge in [-0.3, -0.25) is 0 Å². The van der Waals surface area contributed by atoms with Crippen LogP contribution in [0.3, 0.4) is 0 Å². The van der Waals surface area contributed by atoms with Gasteiger partial charge in [-0.15, -0.1) is 0 Å². The number of nitrogens with zero attached hydrogens (tertiary/aromatic N) is 2. The van der Waals surface area contributed by atoms with Crippen molar-refractivity contribution in [1.29, 1.82) is 0 Å². The molecule has 4 nitrogen and oxygen atoms in total. The predicted molar refractivity (Wildman–Crippen MR) is 103 cm³/mol. The Hall–Kier alpha value is -2.85. The molecule has 5 rings (SSSR count). The van der Waals surface area contributed by atoms with Crippen molar-refractivity contribution < 1.29 is 4.84 Å². The van der Waals surface area contributed by atoms with Crippen LogP contribution in [0, 0.1) is 0 Å². The Morgan fingerprint density at radius 2 is 1.73 bits per heavy atom. The lowest BCUT2D eigenvalue weighted by atomic mass is 10.1. The van der Waals surface area contributed by atoms with Crippen LogP contribution in [0.15, 0.2) is 72.0 Å². The van der Waals surface area contributed by atoms with Crippen LogP contribution in [0.4, 0.5) is 0 Å². The summed E-state index contributed by atoms with van der Waals surface area (Å²) in [6.45, 7) is 1.37. The highest BCUT2D eigenvalue weighted by Gasteiger charge is 2.24. The van der Waals surface area contributed by atoms with E-state index in [4.69, 9.17) is 4.84 Å². The summed E-state index contributed by atoms with van der Waals surface area (Å²) in [6.07, 6.45) is 4.27. The van der Waals surface area contributed by atoms with Crippen molar-refractivity contribution in [2.24, 2.45) is 5.16 Å². The SMILES string of the molecule is c1ccc2c(c1)CC(NCCO/N=C1/c3ccccc3-n3cccc31)C2. The van der Waals surface area contributed by atoms with Gasteiger partial charge in [0.1, 0.15) is 12.3 Å². The Morgan fingerprint density at radius 3 is 2.58 bits per heavy atom. The lowest BCUT2D eigenvalue weighted by Crippen LogP contribution is -2.32. The fourth-order valence-corrected chi connectivity index (χ4v) is 4.02. The van der Waals surface area contributed by atoms with Crippen LogP contribution in [0.25, 0.3) is 5.69 Å². The quantitative estimate of drug-likeness (QED) is 0.446. The van der Waals surface area contributed by atoms with Crippen LogP contribution in [0.1, 0.15) is 22.4 Å². The van der Waals surface area contributed by atoms with Crippen molar-refractivity contribution in [2.45, 2.75) is 18.9 Å². The summed E-state index contributed by atoms with van der Waals surface area (Å²) in [6, 6.07) is 21.6. The van der Waals surface area contributed by atoms with Gasteiger partial charge < -0.3 is 14.7 Å². The molecule has 1 aliphatic carbocycles. The van der Waals surface area contributed by atoms with E-state index in [1.54, 1.807) is 0 Å². The number of aromatic nitrogens is 1. The second kappa shape index (κ2) is 6.46. The van der Waals surface area contributed by atoms with E-state index in [0.29, 0.717) is 12.6 Å². The summed E-state index contributed by atoms with van der Waals surface area (Å²) in [7, 11) is 0. The Kier molecular flexibility index (Phi) is 3.83. The van der Waals surface area contributed by atoms with Crippen molar-refractivity contribution >= 4 is 5.71 Å². The van der Waals surface area contributed by atoms with Gasteiger partial charge in [0.05, 0.1) is 11.4 Å². The number of nitrogens with one attached hydrogen (secondary N) is 1. The third kappa shape index (κ3) is 2.63. The first kappa shape index (κ1) is 15.4. The number of para-hydroxylation sites is 1. The summed E-state index contributed by atoms with van der Waals surface area (Å²) in [5, 5.41) is 8.03. The minimum Gasteiger partial charge on any atom is -0.394 e. The molecule has 0 unspecified atom stereocenters. The average molecular weight is 343 g/mol. The second-order valence-corrected chi connectivity index (χ2v) is 6.88. The molecule has 0 saturated heterocycles. The summed E-state index contributed by atoms with van der Waals surface area (Å²) >= 11 is 0. The average Bonchev–Trinajstić information content (AvgIpc) is 3.36. The number of hydrogen-bond acceptors (Lipinski definition) is 3. The van der Waals surface area contributed by atoms with Crippen molar-refractivity contribution in [2.75, 3.05) is 13.2 Å². The topological polar surface area (TPSA) is 38.5 Å². The van der Waals surface area contributed by atoms with Crippen LogP contribution in [-0.4, -0.2) is 29.5 Å². The van der Waals surface area contributed by atoms with Gasteiger partial charge in [0, 0.05) is 24.3 Å². The molecule has 0 fully saturated rings. The number of benzene rings is 2. The largest absolute Gasteiger partial charge is 0.394 e. The van der Waals surface area contributed by atoms with Crippen LogP contribution in [0.5, 0.6) is 0 Å². The third-order valence-corrected chi connectivity index (χ3v) is 5.24. The van der Waals surface area contributed by atoms with E-state index >= 15 is 0 Å². The molecule has 4 heteroatoms. The van der Waals surface area contributed by atoms with E-state index in [-0.39, 0.29) is 0 Å². The standard InChI is InChI=1S/C22H21N3O/c1-2-7-17-15-18(14-16(17)6-1)23-11-13-26-24-22-19-8-3-4-9-20(19)25-12-5-10-21(22)25/h1-10,12,18,23H,11,13-15H2/b24-22-. The first-order valence-corrected chi connectivity index (χ1v) is 9.18. The molecule has 2 aliphatic rings. The highest BCUT2D eigenvalue weighted by Crippen LogP contribution is 2.28. The van der Waals surface area contributed by atoms with E-state index in [2.05, 4.69) is 69.8 Å². The number of hydrogen-bond donors (Lipinski definition) is 1. The van der Waals surface area contributed by atoms with Crippen LogP contribution < -0.4 is 5.32 Å². The molecule has 1 N–H and O–H groups in total. The van der Waals surface area contributed by atoms with Crippen LogP contribution in [-0.2, 0) is 17.7 Å². The summed E-state index contributed by atoms with van der Waals surface area (Å²) in [5.74, 6) is 0. The number of oxime groups is 1. The Balaban J connectivity index is 1.19. The van der Waals surface area contributed by atoms with E-state index in [9.17, 15) is 0 Å². The summed E-state index contributed by atoms with van der Waals surface area (Å²) in [5.41, 5.74) is 7.23. The molecule has 0 saturated carbocycles. The van der Waals surface area contributed by atoms with Crippen molar-refractivity contribution in [1.82, 2.24) is 9.88 Å². The summed E-state index contributed by atoms with van der Waals surface area (Å²) < 4.78 is 2.16. The van der Waals surface area contributed by atoms with Crippen LogP contribution in [0.2, 0.25) is 0 Å². The molecule has 0 radical (unpaired) electrons. The summed E-state index contributed by atoms with van der Waals surface area (Å²) in [4.78, 5) is 5.65. The van der Waals surface area contributed by atoms with Crippen molar-refractivity contribution in [3.05, 3.63) is 89.2 Å². The smallest absolute Gasteiger partial charge is 0.136 e. The van der Waals surface area contributed by atoms with Gasteiger partial charge in [-0.1, -0.05) is 47.6 Å². The minimum atomic E-state index is 0.507. The maximum atomic E-state index is 5.65. The zero-order valence-electron chi connectivity index (χ0n) is 14.6. The van der Waals surface area contributed by atoms with Crippen molar-refractivity contribution in [3.8, 4) is 5.69 Å². The van der Waals surface area contributed by atoms with E-state index in [1.807, 2.05) is 12.1 Å². The first-order valence-electron chi connectivity index (χ1n) is 9.18. The van der Waals surface area contributed by atoms with E-state index < -0.39 is 0 Å². The zero-order chi connectivity index (χ0) is 17.3. The highest BCUT2D eigenvalue weighted by atomic mass is 16.6. The molecule has 2 heterocycles. The molecule has 2 aromatic carbocycles. The van der Waals surface area contributed by atoms with Gasteiger partial charge in [-0.2, -0.15) is 0 Å². The third-order valence-electron chi connectivity index (χ3n) is 5.24. The van der Waals surface area contributed by atoms with Crippen LogP contribution >= 0.6 is 0 Å². The van der Waals surface area contributed by atoms with Gasteiger partial charge in [0.15, 0.2) is 0 Å². The van der Waals surface area contributed by atoms with E-state index in [1.165, 1.54) is 11.1 Å². The Morgan fingerprint density at radius 1 is 0.962 bits per heavy atom. The first-order chi connectivity index (χ1) is 12.9. The molecule has 3 aromatic rings. The second-order valence-electron chi connectivity index (χ2n) is 6.88. The molecule has 0 bridgehead atoms. The predicted octanol–water partition coefficient (Wildman–Crippen LogP) is 3.32. The molecule has 130 valence electrons.